The number of aryl methyl sites for hydroxylation is 2. The minimum Gasteiger partial charge on any atom is -0.367 e. The van der Waals surface area contributed by atoms with E-state index in [1.165, 1.54) is 17.3 Å². The Labute approximate surface area is 172 Å². The number of nitrogens with zero attached hydrogens (tertiary/aromatic N) is 1. The summed E-state index contributed by atoms with van der Waals surface area (Å²) in [4.78, 5) is 14.8. The van der Waals surface area contributed by atoms with Gasteiger partial charge in [-0.25, -0.2) is 0 Å². The first-order valence-electron chi connectivity index (χ1n) is 7.86. The van der Waals surface area contributed by atoms with Crippen molar-refractivity contribution >= 4 is 69.2 Å². The molecule has 2 aromatic rings. The van der Waals surface area contributed by atoms with Gasteiger partial charge in [0.25, 0.3) is 5.91 Å². The quantitative estimate of drug-likeness (QED) is 0.492. The molecule has 1 N–H and O–H groups in total. The number of anilines is 1. The molecular weight excluding hydrogens is 407 g/mol. The number of rotatable bonds is 4. The van der Waals surface area contributed by atoms with E-state index in [1.54, 1.807) is 23.1 Å². The molecule has 0 aromatic heterocycles. The van der Waals surface area contributed by atoms with Crippen molar-refractivity contribution in [3.63, 3.8) is 0 Å². The van der Waals surface area contributed by atoms with Crippen molar-refractivity contribution in [2.45, 2.75) is 13.8 Å². The number of thioether (sulfide) groups is 1. The molecule has 1 fully saturated rings. The Hall–Kier alpha value is -1.53. The van der Waals surface area contributed by atoms with Gasteiger partial charge in [0.15, 0.2) is 0 Å². The molecule has 1 heterocycles. The molecule has 134 valence electrons. The van der Waals surface area contributed by atoms with Crippen molar-refractivity contribution < 1.29 is 4.79 Å². The molecule has 26 heavy (non-hydrogen) atoms. The summed E-state index contributed by atoms with van der Waals surface area (Å²) in [5.74, 6) is -0.122. The van der Waals surface area contributed by atoms with E-state index in [0.717, 1.165) is 16.8 Å². The Bertz CT molecular complexity index is 928. The predicted molar refractivity (Wildman–Crippen MR) is 116 cm³/mol. The lowest BCUT2D eigenvalue weighted by Gasteiger charge is -2.17. The highest BCUT2D eigenvalue weighted by atomic mass is 35.5. The van der Waals surface area contributed by atoms with Gasteiger partial charge < -0.3 is 5.32 Å². The first-order valence-corrected chi connectivity index (χ1v) is 9.85. The summed E-state index contributed by atoms with van der Waals surface area (Å²) in [5.41, 5.74) is 4.12. The lowest BCUT2D eigenvalue weighted by Crippen LogP contribution is -2.33. The van der Waals surface area contributed by atoms with Gasteiger partial charge in [0.1, 0.15) is 4.32 Å². The second kappa shape index (κ2) is 8.01. The molecule has 0 spiro atoms. The topological polar surface area (TPSA) is 32.3 Å². The van der Waals surface area contributed by atoms with E-state index < -0.39 is 0 Å². The lowest BCUT2D eigenvalue weighted by molar-refractivity contribution is -0.121. The maximum atomic E-state index is 12.7. The smallest absolute Gasteiger partial charge is 0.267 e. The van der Waals surface area contributed by atoms with Crippen LogP contribution in [-0.4, -0.2) is 21.8 Å². The third kappa shape index (κ3) is 4.23. The minimum atomic E-state index is -0.122. The van der Waals surface area contributed by atoms with Crippen LogP contribution in [0.5, 0.6) is 0 Å². The molecule has 1 aliphatic heterocycles. The van der Waals surface area contributed by atoms with Crippen molar-refractivity contribution in [3.05, 3.63) is 68.0 Å². The number of carbonyl (C=O) groups is 1. The van der Waals surface area contributed by atoms with Gasteiger partial charge in [-0.1, -0.05) is 70.9 Å². The molecule has 0 bridgehead atoms. The van der Waals surface area contributed by atoms with Crippen molar-refractivity contribution in [3.8, 4) is 0 Å². The van der Waals surface area contributed by atoms with Gasteiger partial charge in [-0.05, 0) is 49.2 Å². The van der Waals surface area contributed by atoms with E-state index >= 15 is 0 Å². The molecule has 1 saturated heterocycles. The fourth-order valence-electron chi connectivity index (χ4n) is 2.57. The van der Waals surface area contributed by atoms with Crippen molar-refractivity contribution in [2.75, 3.05) is 12.0 Å². The molecule has 0 unspecified atom stereocenters. The van der Waals surface area contributed by atoms with Gasteiger partial charge in [-0.3, -0.25) is 9.69 Å². The number of hydrogen-bond donors (Lipinski definition) is 1. The molecule has 7 heteroatoms. The van der Waals surface area contributed by atoms with Crippen LogP contribution in [0.3, 0.4) is 0 Å². The summed E-state index contributed by atoms with van der Waals surface area (Å²) >= 11 is 18.6. The number of hydrogen-bond acceptors (Lipinski definition) is 4. The van der Waals surface area contributed by atoms with E-state index in [2.05, 4.69) is 11.4 Å². The number of carbonyl (C=O) groups excluding carboxylic acids is 1. The normalized spacial score (nSPS) is 15.8. The first kappa shape index (κ1) is 19.2. The van der Waals surface area contributed by atoms with Crippen LogP contribution in [0, 0.1) is 13.8 Å². The summed E-state index contributed by atoms with van der Waals surface area (Å²) in [5, 5.41) is 4.21. The molecule has 3 nitrogen and oxygen atoms in total. The van der Waals surface area contributed by atoms with E-state index in [9.17, 15) is 4.79 Å². The number of amides is 1. The summed E-state index contributed by atoms with van der Waals surface area (Å²) in [6.45, 7) is 4.41. The Kier molecular flexibility index (Phi) is 5.92. The van der Waals surface area contributed by atoms with Crippen molar-refractivity contribution in [1.29, 1.82) is 0 Å². The monoisotopic (exact) mass is 422 g/mol. The predicted octanol–water partition coefficient (Wildman–Crippen LogP) is 5.88. The molecule has 3 rings (SSSR count). The van der Waals surface area contributed by atoms with Crippen LogP contribution in [0.1, 0.15) is 16.7 Å². The van der Waals surface area contributed by atoms with Crippen molar-refractivity contribution in [1.82, 2.24) is 4.90 Å². The molecule has 1 aliphatic rings. The molecule has 1 amide bonds. The molecule has 0 saturated carbocycles. The Morgan fingerprint density at radius 2 is 1.92 bits per heavy atom. The van der Waals surface area contributed by atoms with E-state index in [4.69, 9.17) is 35.4 Å². The molecule has 0 radical (unpaired) electrons. The third-order valence-corrected chi connectivity index (χ3v) is 6.04. The Balaban J connectivity index is 1.74. The molecule has 2 aromatic carbocycles. The van der Waals surface area contributed by atoms with Gasteiger partial charge in [0, 0.05) is 5.69 Å². The van der Waals surface area contributed by atoms with Crippen LogP contribution in [0.2, 0.25) is 10.0 Å². The van der Waals surface area contributed by atoms with Crippen LogP contribution >= 0.6 is 47.2 Å². The maximum Gasteiger partial charge on any atom is 0.267 e. The Morgan fingerprint density at radius 1 is 1.15 bits per heavy atom. The molecule has 0 atom stereocenters. The van der Waals surface area contributed by atoms with Crippen LogP contribution in [0.25, 0.3) is 6.08 Å². The fraction of sp³-hybridized carbons (Fsp3) is 0.158. The summed E-state index contributed by atoms with van der Waals surface area (Å²) in [6.07, 6.45) is 1.78. The fourth-order valence-corrected chi connectivity index (χ4v) is 4.13. The van der Waals surface area contributed by atoms with Gasteiger partial charge in [-0.2, -0.15) is 0 Å². The number of thiocarbonyl (C=S) groups is 1. The zero-order valence-corrected chi connectivity index (χ0v) is 17.3. The summed E-state index contributed by atoms with van der Waals surface area (Å²) < 4.78 is 0.526. The van der Waals surface area contributed by atoms with Crippen LogP contribution in [-0.2, 0) is 4.79 Å². The van der Waals surface area contributed by atoms with Gasteiger partial charge >= 0.3 is 0 Å². The Morgan fingerprint density at radius 3 is 2.62 bits per heavy atom. The second-order valence-corrected chi connectivity index (χ2v) is 8.43. The first-order chi connectivity index (χ1) is 12.3. The van der Waals surface area contributed by atoms with E-state index in [-0.39, 0.29) is 5.91 Å². The highest BCUT2D eigenvalue weighted by Crippen LogP contribution is 2.33. The molecule has 0 aliphatic carbocycles. The number of benzene rings is 2. The summed E-state index contributed by atoms with van der Waals surface area (Å²) in [7, 11) is 0. The average Bonchev–Trinajstić information content (AvgIpc) is 2.84. The van der Waals surface area contributed by atoms with E-state index in [0.29, 0.717) is 25.9 Å². The number of halogens is 2. The van der Waals surface area contributed by atoms with Crippen LogP contribution < -0.4 is 5.32 Å². The van der Waals surface area contributed by atoms with Gasteiger partial charge in [-0.15, -0.1) is 0 Å². The van der Waals surface area contributed by atoms with Gasteiger partial charge in [0.05, 0.1) is 21.6 Å². The zero-order chi connectivity index (χ0) is 18.8. The standard InChI is InChI=1S/C19H16Cl2N2OS2/c1-11-3-6-16(12(2)7-11)22-10-23-18(24)17(26-19(23)25)9-13-4-5-14(20)15(21)8-13/h3-9,22H,10H2,1-2H3/b17-9-. The van der Waals surface area contributed by atoms with E-state index in [1.807, 2.05) is 32.0 Å². The molecular formula is C19H16Cl2N2OS2. The third-order valence-electron chi connectivity index (χ3n) is 3.92. The van der Waals surface area contributed by atoms with Gasteiger partial charge in [0.2, 0.25) is 0 Å². The average molecular weight is 423 g/mol. The van der Waals surface area contributed by atoms with Crippen molar-refractivity contribution in [2.24, 2.45) is 0 Å². The lowest BCUT2D eigenvalue weighted by atomic mass is 10.1. The number of nitrogens with one attached hydrogen (secondary N) is 1. The zero-order valence-electron chi connectivity index (χ0n) is 14.2. The SMILES string of the molecule is Cc1ccc(NCN2C(=O)/C(=C/c3ccc(Cl)c(Cl)c3)SC2=S)c(C)c1. The maximum absolute atomic E-state index is 12.7. The highest BCUT2D eigenvalue weighted by molar-refractivity contribution is 8.26. The van der Waals surface area contributed by atoms with Crippen LogP contribution in [0.15, 0.2) is 41.3 Å². The highest BCUT2D eigenvalue weighted by Gasteiger charge is 2.31. The largest absolute Gasteiger partial charge is 0.367 e. The van der Waals surface area contributed by atoms with Crippen LogP contribution in [0.4, 0.5) is 5.69 Å². The minimum absolute atomic E-state index is 0.122. The summed E-state index contributed by atoms with van der Waals surface area (Å²) in [6, 6.07) is 11.4. The second-order valence-electron chi connectivity index (χ2n) is 5.94.